The van der Waals surface area contributed by atoms with Gasteiger partial charge < -0.3 is 15.2 Å². The van der Waals surface area contributed by atoms with Gasteiger partial charge in [0.25, 0.3) is 0 Å². The summed E-state index contributed by atoms with van der Waals surface area (Å²) in [5.41, 5.74) is 1.12. The second-order valence-corrected chi connectivity index (χ2v) is 4.50. The van der Waals surface area contributed by atoms with Crippen LogP contribution in [0.2, 0.25) is 0 Å². The second kappa shape index (κ2) is 9.03. The molecule has 0 aliphatic rings. The van der Waals surface area contributed by atoms with Gasteiger partial charge in [0, 0.05) is 31.6 Å². The third-order valence-electron chi connectivity index (χ3n) is 2.80. The molecule has 0 saturated carbocycles. The monoisotopic (exact) mass is 252 g/mol. The van der Waals surface area contributed by atoms with Crippen LogP contribution in [-0.2, 0) is 4.74 Å². The summed E-state index contributed by atoms with van der Waals surface area (Å²) in [6.45, 7) is 5.83. The minimum Gasteiger partial charge on any atom is -0.389 e. The lowest BCUT2D eigenvalue weighted by atomic mass is 10.1. The molecule has 0 spiro atoms. The Kier molecular flexibility index (Phi) is 7.57. The van der Waals surface area contributed by atoms with Crippen LogP contribution >= 0.6 is 0 Å². The van der Waals surface area contributed by atoms with E-state index in [1.807, 2.05) is 18.3 Å². The van der Waals surface area contributed by atoms with Crippen LogP contribution in [0.3, 0.4) is 0 Å². The molecule has 0 aliphatic carbocycles. The molecule has 1 aromatic rings. The summed E-state index contributed by atoms with van der Waals surface area (Å²) in [7, 11) is 0. The molecule has 1 rings (SSSR count). The van der Waals surface area contributed by atoms with Crippen LogP contribution in [0, 0.1) is 0 Å². The van der Waals surface area contributed by atoms with Crippen LogP contribution in [0.4, 0.5) is 0 Å². The molecule has 4 nitrogen and oxygen atoms in total. The lowest BCUT2D eigenvalue weighted by Gasteiger charge is -2.17. The molecule has 1 heterocycles. The Morgan fingerprint density at radius 1 is 1.50 bits per heavy atom. The summed E-state index contributed by atoms with van der Waals surface area (Å²) in [5.74, 6) is 0. The fourth-order valence-corrected chi connectivity index (χ4v) is 1.59. The molecule has 1 aromatic heterocycles. The maximum Gasteiger partial charge on any atom is 0.0897 e. The van der Waals surface area contributed by atoms with E-state index in [4.69, 9.17) is 4.74 Å². The molecular weight excluding hydrogens is 228 g/mol. The van der Waals surface area contributed by atoms with E-state index in [2.05, 4.69) is 24.1 Å². The molecule has 2 atom stereocenters. The third-order valence-corrected chi connectivity index (χ3v) is 2.80. The van der Waals surface area contributed by atoms with E-state index in [9.17, 15) is 5.11 Å². The van der Waals surface area contributed by atoms with Crippen LogP contribution in [0.15, 0.2) is 24.5 Å². The van der Waals surface area contributed by atoms with E-state index < -0.39 is 6.10 Å². The fraction of sp³-hybridized carbons (Fsp3) is 0.643. The molecule has 18 heavy (non-hydrogen) atoms. The van der Waals surface area contributed by atoms with Gasteiger partial charge in [0.2, 0.25) is 0 Å². The zero-order chi connectivity index (χ0) is 13.2. The van der Waals surface area contributed by atoms with Crippen molar-refractivity contribution >= 4 is 0 Å². The Morgan fingerprint density at radius 3 is 3.00 bits per heavy atom. The molecule has 2 N–H and O–H groups in total. The van der Waals surface area contributed by atoms with Crippen molar-refractivity contribution < 1.29 is 9.84 Å². The average molecular weight is 252 g/mol. The van der Waals surface area contributed by atoms with Crippen LogP contribution < -0.4 is 5.32 Å². The largest absolute Gasteiger partial charge is 0.389 e. The Hall–Kier alpha value is -0.970. The SMILES string of the molecule is CCCCOCC(O)CN[C@H](C)c1cccnc1. The first kappa shape index (κ1) is 15.1. The number of rotatable bonds is 9. The van der Waals surface area contributed by atoms with Gasteiger partial charge in [0.1, 0.15) is 0 Å². The summed E-state index contributed by atoms with van der Waals surface area (Å²) in [4.78, 5) is 4.08. The highest BCUT2D eigenvalue weighted by Crippen LogP contribution is 2.09. The highest BCUT2D eigenvalue weighted by molar-refractivity contribution is 5.12. The number of pyridine rings is 1. The molecular formula is C14H24N2O2. The van der Waals surface area contributed by atoms with E-state index in [1.165, 1.54) is 0 Å². The summed E-state index contributed by atoms with van der Waals surface area (Å²) in [6.07, 6.45) is 5.30. The molecule has 102 valence electrons. The van der Waals surface area contributed by atoms with Gasteiger partial charge in [-0.3, -0.25) is 4.98 Å². The first-order valence-corrected chi connectivity index (χ1v) is 6.63. The average Bonchev–Trinajstić information content (AvgIpc) is 2.42. The molecule has 4 heteroatoms. The van der Waals surface area contributed by atoms with Gasteiger partial charge in [0.15, 0.2) is 0 Å². The van der Waals surface area contributed by atoms with E-state index in [0.29, 0.717) is 13.2 Å². The molecule has 0 radical (unpaired) electrons. The number of hydrogen-bond acceptors (Lipinski definition) is 4. The smallest absolute Gasteiger partial charge is 0.0897 e. The van der Waals surface area contributed by atoms with Crippen LogP contribution in [-0.4, -0.2) is 36.0 Å². The number of unbranched alkanes of at least 4 members (excludes halogenated alkanes) is 1. The van der Waals surface area contributed by atoms with E-state index in [0.717, 1.165) is 25.0 Å². The molecule has 0 amide bonds. The van der Waals surface area contributed by atoms with Crippen molar-refractivity contribution in [1.29, 1.82) is 0 Å². The van der Waals surface area contributed by atoms with Crippen LogP contribution in [0.1, 0.15) is 38.3 Å². The highest BCUT2D eigenvalue weighted by atomic mass is 16.5. The topological polar surface area (TPSA) is 54.4 Å². The van der Waals surface area contributed by atoms with Gasteiger partial charge in [-0.1, -0.05) is 19.4 Å². The number of nitrogens with one attached hydrogen (secondary N) is 1. The Balaban J connectivity index is 2.16. The van der Waals surface area contributed by atoms with E-state index in [-0.39, 0.29) is 6.04 Å². The van der Waals surface area contributed by atoms with E-state index >= 15 is 0 Å². The standard InChI is InChI=1S/C14H24N2O2/c1-3-4-8-18-11-14(17)10-16-12(2)13-6-5-7-15-9-13/h5-7,9,12,14,16-17H,3-4,8,10-11H2,1-2H3/t12-,14?/m1/s1. The zero-order valence-corrected chi connectivity index (χ0v) is 11.3. The van der Waals surface area contributed by atoms with Crippen molar-refractivity contribution in [2.45, 2.75) is 38.8 Å². The minimum atomic E-state index is -0.457. The maximum absolute atomic E-state index is 9.74. The van der Waals surface area contributed by atoms with Crippen LogP contribution in [0.25, 0.3) is 0 Å². The second-order valence-electron chi connectivity index (χ2n) is 4.50. The van der Waals surface area contributed by atoms with Gasteiger partial charge in [-0.25, -0.2) is 0 Å². The van der Waals surface area contributed by atoms with Gasteiger partial charge in [-0.2, -0.15) is 0 Å². The van der Waals surface area contributed by atoms with Crippen molar-refractivity contribution in [3.8, 4) is 0 Å². The lowest BCUT2D eigenvalue weighted by molar-refractivity contribution is 0.0348. The first-order chi connectivity index (χ1) is 8.74. The molecule has 0 aliphatic heterocycles. The summed E-state index contributed by atoms with van der Waals surface area (Å²) in [5, 5.41) is 13.0. The Morgan fingerprint density at radius 2 is 2.33 bits per heavy atom. The molecule has 1 unspecified atom stereocenters. The van der Waals surface area contributed by atoms with Crippen molar-refractivity contribution in [3.63, 3.8) is 0 Å². The molecule has 0 saturated heterocycles. The highest BCUT2D eigenvalue weighted by Gasteiger charge is 2.08. The van der Waals surface area contributed by atoms with Gasteiger partial charge in [0.05, 0.1) is 12.7 Å². The predicted molar refractivity (Wildman–Crippen MR) is 72.4 cm³/mol. The maximum atomic E-state index is 9.74. The van der Waals surface area contributed by atoms with Crippen LogP contribution in [0.5, 0.6) is 0 Å². The van der Waals surface area contributed by atoms with Crippen molar-refractivity contribution in [3.05, 3.63) is 30.1 Å². The van der Waals surface area contributed by atoms with Gasteiger partial charge in [-0.05, 0) is 25.0 Å². The number of aliphatic hydroxyl groups excluding tert-OH is 1. The summed E-state index contributed by atoms with van der Waals surface area (Å²) in [6, 6.07) is 4.12. The number of ether oxygens (including phenoxy) is 1. The number of aromatic nitrogens is 1. The molecule has 0 bridgehead atoms. The third kappa shape index (κ3) is 6.10. The summed E-state index contributed by atoms with van der Waals surface area (Å²) < 4.78 is 5.37. The molecule has 0 fully saturated rings. The fourth-order valence-electron chi connectivity index (χ4n) is 1.59. The Bertz CT molecular complexity index is 306. The predicted octanol–water partition coefficient (Wildman–Crippen LogP) is 1.91. The summed E-state index contributed by atoms with van der Waals surface area (Å²) >= 11 is 0. The first-order valence-electron chi connectivity index (χ1n) is 6.63. The lowest BCUT2D eigenvalue weighted by Crippen LogP contribution is -2.32. The van der Waals surface area contributed by atoms with E-state index in [1.54, 1.807) is 6.20 Å². The van der Waals surface area contributed by atoms with Crippen molar-refractivity contribution in [2.75, 3.05) is 19.8 Å². The quantitative estimate of drug-likeness (QED) is 0.659. The van der Waals surface area contributed by atoms with Crippen molar-refractivity contribution in [1.82, 2.24) is 10.3 Å². The molecule has 0 aromatic carbocycles. The number of nitrogens with zero attached hydrogens (tertiary/aromatic N) is 1. The normalized spacial score (nSPS) is 14.4. The number of hydrogen-bond donors (Lipinski definition) is 2. The minimum absolute atomic E-state index is 0.184. The zero-order valence-electron chi connectivity index (χ0n) is 11.3. The number of aliphatic hydroxyl groups is 1. The Labute approximate surface area is 109 Å². The van der Waals surface area contributed by atoms with Crippen molar-refractivity contribution in [2.24, 2.45) is 0 Å². The van der Waals surface area contributed by atoms with Gasteiger partial charge in [-0.15, -0.1) is 0 Å². The van der Waals surface area contributed by atoms with Gasteiger partial charge >= 0.3 is 0 Å².